The van der Waals surface area contributed by atoms with Crippen molar-refractivity contribution >= 4 is 23.2 Å². The van der Waals surface area contributed by atoms with E-state index in [0.29, 0.717) is 28.6 Å². The molecule has 28 heavy (non-hydrogen) atoms. The second-order valence-corrected chi connectivity index (χ2v) is 6.85. The number of amides is 1. The second kappa shape index (κ2) is 8.81. The fourth-order valence-electron chi connectivity index (χ4n) is 2.84. The van der Waals surface area contributed by atoms with E-state index in [2.05, 4.69) is 5.32 Å². The number of carbonyl (C=O) groups excluding carboxylic acids is 1. The average Bonchev–Trinajstić information content (AvgIpc) is 2.70. The number of benzene rings is 3. The highest BCUT2D eigenvalue weighted by atomic mass is 35.5. The number of ether oxygens (including phenoxy) is 2. The zero-order chi connectivity index (χ0) is 20.1. The molecule has 3 aromatic carbocycles. The van der Waals surface area contributed by atoms with E-state index in [9.17, 15) is 4.79 Å². The lowest BCUT2D eigenvalue weighted by Gasteiger charge is -2.14. The molecule has 0 fully saturated rings. The first-order chi connectivity index (χ1) is 13.5. The van der Waals surface area contributed by atoms with E-state index in [-0.39, 0.29) is 5.91 Å². The maximum absolute atomic E-state index is 12.7. The zero-order valence-corrected chi connectivity index (χ0v) is 16.8. The number of anilines is 1. The summed E-state index contributed by atoms with van der Waals surface area (Å²) in [6.45, 7) is 4.16. The molecule has 0 aromatic heterocycles. The first-order valence-electron chi connectivity index (χ1n) is 8.91. The molecule has 144 valence electrons. The maximum Gasteiger partial charge on any atom is 0.255 e. The summed E-state index contributed by atoms with van der Waals surface area (Å²) in [5.74, 6) is 1.25. The predicted molar refractivity (Wildman–Crippen MR) is 113 cm³/mol. The van der Waals surface area contributed by atoms with Crippen LogP contribution >= 0.6 is 11.6 Å². The second-order valence-electron chi connectivity index (χ2n) is 6.45. The average molecular weight is 396 g/mol. The summed E-state index contributed by atoms with van der Waals surface area (Å²) in [5.41, 5.74) is 3.87. The lowest BCUT2D eigenvalue weighted by molar-refractivity contribution is 0.102. The standard InChI is InChI=1S/C23H22ClNO3/c1-15-7-4-5-10-21(15)28-14-18-13-17(11-12-22(18)27-3)23(26)25-20-9-6-8-19(24)16(20)2/h4-13H,14H2,1-3H3,(H,25,26). The van der Waals surface area contributed by atoms with Crippen molar-refractivity contribution < 1.29 is 14.3 Å². The van der Waals surface area contributed by atoms with Crippen LogP contribution in [0.4, 0.5) is 5.69 Å². The van der Waals surface area contributed by atoms with Gasteiger partial charge in [0.1, 0.15) is 18.1 Å². The Hall–Kier alpha value is -2.98. The third kappa shape index (κ3) is 4.46. The molecule has 0 aliphatic rings. The van der Waals surface area contributed by atoms with Crippen molar-refractivity contribution in [1.82, 2.24) is 0 Å². The molecule has 0 saturated carbocycles. The summed E-state index contributed by atoms with van der Waals surface area (Å²) < 4.78 is 11.3. The van der Waals surface area contributed by atoms with Crippen LogP contribution in [0.2, 0.25) is 5.02 Å². The molecule has 0 bridgehead atoms. The first-order valence-corrected chi connectivity index (χ1v) is 9.29. The summed E-state index contributed by atoms with van der Waals surface area (Å²) in [7, 11) is 1.60. The van der Waals surface area contributed by atoms with Crippen LogP contribution in [-0.4, -0.2) is 13.0 Å². The van der Waals surface area contributed by atoms with E-state index in [0.717, 1.165) is 22.4 Å². The normalized spacial score (nSPS) is 10.4. The molecule has 1 N–H and O–H groups in total. The Bertz CT molecular complexity index is 1000. The van der Waals surface area contributed by atoms with Gasteiger partial charge in [0.25, 0.3) is 5.91 Å². The number of hydrogen-bond acceptors (Lipinski definition) is 3. The van der Waals surface area contributed by atoms with Gasteiger partial charge in [-0.25, -0.2) is 0 Å². The number of halogens is 1. The fourth-order valence-corrected chi connectivity index (χ4v) is 3.02. The van der Waals surface area contributed by atoms with Gasteiger partial charge >= 0.3 is 0 Å². The van der Waals surface area contributed by atoms with Crippen molar-refractivity contribution in [2.24, 2.45) is 0 Å². The molecule has 0 radical (unpaired) electrons. The molecule has 0 heterocycles. The van der Waals surface area contributed by atoms with Crippen LogP contribution < -0.4 is 14.8 Å². The number of carbonyl (C=O) groups is 1. The quantitative estimate of drug-likeness (QED) is 0.574. The summed E-state index contributed by atoms with van der Waals surface area (Å²) in [6.07, 6.45) is 0. The summed E-state index contributed by atoms with van der Waals surface area (Å²) >= 11 is 6.14. The zero-order valence-electron chi connectivity index (χ0n) is 16.1. The molecular weight excluding hydrogens is 374 g/mol. The summed E-state index contributed by atoms with van der Waals surface area (Å²) in [6, 6.07) is 18.5. The minimum atomic E-state index is -0.217. The molecule has 3 aromatic rings. The van der Waals surface area contributed by atoms with E-state index in [1.807, 2.05) is 44.2 Å². The van der Waals surface area contributed by atoms with Crippen LogP contribution in [0.15, 0.2) is 60.7 Å². The van der Waals surface area contributed by atoms with E-state index in [1.165, 1.54) is 0 Å². The van der Waals surface area contributed by atoms with Gasteiger partial charge in [-0.3, -0.25) is 4.79 Å². The predicted octanol–water partition coefficient (Wildman–Crippen LogP) is 5.80. The topological polar surface area (TPSA) is 47.6 Å². The van der Waals surface area contributed by atoms with Crippen LogP contribution in [-0.2, 0) is 6.61 Å². The minimum absolute atomic E-state index is 0.217. The summed E-state index contributed by atoms with van der Waals surface area (Å²) in [4.78, 5) is 12.7. The third-order valence-electron chi connectivity index (χ3n) is 4.54. The molecule has 1 amide bonds. The van der Waals surface area contributed by atoms with Gasteiger partial charge in [0.2, 0.25) is 0 Å². The van der Waals surface area contributed by atoms with Crippen LogP contribution in [0.3, 0.4) is 0 Å². The molecule has 5 heteroatoms. The van der Waals surface area contributed by atoms with Gasteiger partial charge in [0, 0.05) is 21.8 Å². The van der Waals surface area contributed by atoms with Gasteiger partial charge in [-0.15, -0.1) is 0 Å². The molecule has 0 aliphatic heterocycles. The van der Waals surface area contributed by atoms with Gasteiger partial charge in [-0.2, -0.15) is 0 Å². The van der Waals surface area contributed by atoms with E-state index in [1.54, 1.807) is 37.4 Å². The van der Waals surface area contributed by atoms with Crippen LogP contribution in [0.1, 0.15) is 27.0 Å². The Balaban J connectivity index is 1.80. The van der Waals surface area contributed by atoms with E-state index in [4.69, 9.17) is 21.1 Å². The Kier molecular flexibility index (Phi) is 6.22. The smallest absolute Gasteiger partial charge is 0.255 e. The Morgan fingerprint density at radius 1 is 1.00 bits per heavy atom. The highest BCUT2D eigenvalue weighted by Crippen LogP contribution is 2.26. The van der Waals surface area contributed by atoms with Crippen LogP contribution in [0, 0.1) is 13.8 Å². The van der Waals surface area contributed by atoms with E-state index < -0.39 is 0 Å². The van der Waals surface area contributed by atoms with E-state index >= 15 is 0 Å². The number of nitrogens with one attached hydrogen (secondary N) is 1. The molecule has 0 spiro atoms. The van der Waals surface area contributed by atoms with Crippen LogP contribution in [0.25, 0.3) is 0 Å². The van der Waals surface area contributed by atoms with Gasteiger partial charge in [0.15, 0.2) is 0 Å². The number of hydrogen-bond donors (Lipinski definition) is 1. The van der Waals surface area contributed by atoms with Gasteiger partial charge in [0.05, 0.1) is 7.11 Å². The van der Waals surface area contributed by atoms with Gasteiger partial charge in [-0.05, 0) is 61.4 Å². The van der Waals surface area contributed by atoms with Crippen LogP contribution in [0.5, 0.6) is 11.5 Å². The SMILES string of the molecule is COc1ccc(C(=O)Nc2cccc(Cl)c2C)cc1COc1ccccc1C. The van der Waals surface area contributed by atoms with Crippen molar-refractivity contribution in [3.63, 3.8) is 0 Å². The minimum Gasteiger partial charge on any atom is -0.496 e. The monoisotopic (exact) mass is 395 g/mol. The highest BCUT2D eigenvalue weighted by Gasteiger charge is 2.13. The number of methoxy groups -OCH3 is 1. The molecule has 0 saturated heterocycles. The fraction of sp³-hybridized carbons (Fsp3) is 0.174. The molecule has 0 aliphatic carbocycles. The lowest BCUT2D eigenvalue weighted by atomic mass is 10.1. The maximum atomic E-state index is 12.7. The van der Waals surface area contributed by atoms with Crippen molar-refractivity contribution in [3.8, 4) is 11.5 Å². The molecule has 0 unspecified atom stereocenters. The summed E-state index contributed by atoms with van der Waals surface area (Å²) in [5, 5.41) is 3.52. The van der Waals surface area contributed by atoms with Crippen molar-refractivity contribution in [2.45, 2.75) is 20.5 Å². The Labute approximate surface area is 170 Å². The molecule has 3 rings (SSSR count). The highest BCUT2D eigenvalue weighted by molar-refractivity contribution is 6.31. The molecule has 4 nitrogen and oxygen atoms in total. The van der Waals surface area contributed by atoms with Crippen molar-refractivity contribution in [3.05, 3.63) is 87.9 Å². The number of rotatable bonds is 6. The van der Waals surface area contributed by atoms with Crippen molar-refractivity contribution in [2.75, 3.05) is 12.4 Å². The largest absolute Gasteiger partial charge is 0.496 e. The lowest BCUT2D eigenvalue weighted by Crippen LogP contribution is -2.13. The first kappa shape index (κ1) is 19.8. The number of aryl methyl sites for hydroxylation is 1. The Morgan fingerprint density at radius 2 is 1.79 bits per heavy atom. The number of para-hydroxylation sites is 1. The Morgan fingerprint density at radius 3 is 2.54 bits per heavy atom. The van der Waals surface area contributed by atoms with Gasteiger partial charge in [-0.1, -0.05) is 35.9 Å². The molecular formula is C23H22ClNO3. The molecule has 0 atom stereocenters. The van der Waals surface area contributed by atoms with Crippen molar-refractivity contribution in [1.29, 1.82) is 0 Å². The third-order valence-corrected chi connectivity index (χ3v) is 4.94. The van der Waals surface area contributed by atoms with Gasteiger partial charge < -0.3 is 14.8 Å².